The summed E-state index contributed by atoms with van der Waals surface area (Å²) in [4.78, 5) is 12.0. The fourth-order valence-corrected chi connectivity index (χ4v) is 3.09. The Kier molecular flexibility index (Phi) is 3.10. The number of carbonyl (C=O) groups excluding carboxylic acids is 1. The summed E-state index contributed by atoms with van der Waals surface area (Å²) in [6.07, 6.45) is 6.38. The van der Waals surface area contributed by atoms with Gasteiger partial charge in [-0.1, -0.05) is 6.92 Å². The van der Waals surface area contributed by atoms with E-state index in [0.717, 1.165) is 58.2 Å². The minimum atomic E-state index is -0.0436. The monoisotopic (exact) mass is 252 g/mol. The lowest BCUT2D eigenvalue weighted by Gasteiger charge is -2.43. The van der Waals surface area contributed by atoms with Crippen molar-refractivity contribution in [3.8, 4) is 0 Å². The van der Waals surface area contributed by atoms with Gasteiger partial charge in [-0.05, 0) is 38.5 Å². The van der Waals surface area contributed by atoms with Gasteiger partial charge in [0, 0.05) is 24.5 Å². The predicted octanol–water partition coefficient (Wildman–Crippen LogP) is 1.20. The average Bonchev–Trinajstić information content (AvgIpc) is 3.13. The van der Waals surface area contributed by atoms with Gasteiger partial charge in [0.25, 0.3) is 0 Å². The maximum absolute atomic E-state index is 12.0. The van der Waals surface area contributed by atoms with Crippen LogP contribution in [0.3, 0.4) is 0 Å². The van der Waals surface area contributed by atoms with Crippen LogP contribution in [0.2, 0.25) is 0 Å². The Balaban J connectivity index is 1.49. The molecule has 1 amide bonds. The Morgan fingerprint density at radius 3 is 2.56 bits per heavy atom. The van der Waals surface area contributed by atoms with E-state index in [1.54, 1.807) is 0 Å². The van der Waals surface area contributed by atoms with Gasteiger partial charge in [-0.15, -0.1) is 0 Å². The summed E-state index contributed by atoms with van der Waals surface area (Å²) in [6.45, 7) is 4.85. The molecule has 0 atom stereocenters. The average molecular weight is 252 g/mol. The molecule has 0 aromatic heterocycles. The molecule has 18 heavy (non-hydrogen) atoms. The topological polar surface area (TPSA) is 50.4 Å². The van der Waals surface area contributed by atoms with Crippen molar-refractivity contribution in [2.45, 2.75) is 57.1 Å². The number of morpholine rings is 1. The van der Waals surface area contributed by atoms with E-state index >= 15 is 0 Å². The Morgan fingerprint density at radius 1 is 1.28 bits per heavy atom. The third kappa shape index (κ3) is 2.41. The molecule has 0 radical (unpaired) electrons. The zero-order valence-electron chi connectivity index (χ0n) is 11.3. The summed E-state index contributed by atoms with van der Waals surface area (Å²) in [7, 11) is 0. The van der Waals surface area contributed by atoms with Crippen molar-refractivity contribution in [2.24, 2.45) is 5.41 Å². The SMILES string of the molecule is CC1(C(=O)NC2CCC3(CC2)CNCCO3)CC1. The van der Waals surface area contributed by atoms with Gasteiger partial charge < -0.3 is 15.4 Å². The molecule has 3 fully saturated rings. The second-order valence-electron chi connectivity index (χ2n) is 6.52. The third-order valence-electron chi connectivity index (χ3n) is 4.91. The van der Waals surface area contributed by atoms with Crippen molar-refractivity contribution < 1.29 is 9.53 Å². The molecule has 3 rings (SSSR count). The Hall–Kier alpha value is -0.610. The normalized spacial score (nSPS) is 38.4. The molecule has 0 aromatic rings. The van der Waals surface area contributed by atoms with Crippen LogP contribution in [-0.2, 0) is 9.53 Å². The van der Waals surface area contributed by atoms with E-state index in [4.69, 9.17) is 4.74 Å². The molecule has 2 saturated carbocycles. The van der Waals surface area contributed by atoms with E-state index in [2.05, 4.69) is 17.6 Å². The molecule has 1 aliphatic heterocycles. The molecule has 4 heteroatoms. The Morgan fingerprint density at radius 2 is 2.00 bits per heavy atom. The number of rotatable bonds is 2. The van der Waals surface area contributed by atoms with Crippen LogP contribution in [0.5, 0.6) is 0 Å². The molecule has 0 unspecified atom stereocenters. The van der Waals surface area contributed by atoms with E-state index in [9.17, 15) is 4.79 Å². The zero-order chi connectivity index (χ0) is 12.6. The van der Waals surface area contributed by atoms with Crippen molar-refractivity contribution >= 4 is 5.91 Å². The van der Waals surface area contributed by atoms with Gasteiger partial charge in [0.05, 0.1) is 12.2 Å². The molecule has 3 aliphatic rings. The molecule has 102 valence electrons. The van der Waals surface area contributed by atoms with Crippen molar-refractivity contribution in [1.82, 2.24) is 10.6 Å². The summed E-state index contributed by atoms with van der Waals surface area (Å²) in [5, 5.41) is 6.65. The van der Waals surface area contributed by atoms with Crippen molar-refractivity contribution in [3.63, 3.8) is 0 Å². The molecule has 2 N–H and O–H groups in total. The van der Waals surface area contributed by atoms with E-state index < -0.39 is 0 Å². The number of hydrogen-bond acceptors (Lipinski definition) is 3. The van der Waals surface area contributed by atoms with Crippen LogP contribution in [0.1, 0.15) is 45.4 Å². The highest BCUT2D eigenvalue weighted by atomic mass is 16.5. The van der Waals surface area contributed by atoms with Gasteiger partial charge in [-0.2, -0.15) is 0 Å². The lowest BCUT2D eigenvalue weighted by molar-refractivity contribution is -0.128. The van der Waals surface area contributed by atoms with Crippen LogP contribution in [0, 0.1) is 5.41 Å². The molecular weight excluding hydrogens is 228 g/mol. The molecule has 0 bridgehead atoms. The van der Waals surface area contributed by atoms with Crippen molar-refractivity contribution in [3.05, 3.63) is 0 Å². The molecule has 4 nitrogen and oxygen atoms in total. The van der Waals surface area contributed by atoms with Crippen LogP contribution in [-0.4, -0.2) is 37.2 Å². The first kappa shape index (κ1) is 12.4. The number of nitrogens with one attached hydrogen (secondary N) is 2. The van der Waals surface area contributed by atoms with Crippen LogP contribution in [0.25, 0.3) is 0 Å². The molecule has 0 aromatic carbocycles. The highest BCUT2D eigenvalue weighted by molar-refractivity contribution is 5.85. The fourth-order valence-electron chi connectivity index (χ4n) is 3.09. The maximum Gasteiger partial charge on any atom is 0.226 e. The number of ether oxygens (including phenoxy) is 1. The lowest BCUT2D eigenvalue weighted by atomic mass is 9.81. The summed E-state index contributed by atoms with van der Waals surface area (Å²) in [5.41, 5.74) is 0.0149. The van der Waals surface area contributed by atoms with Crippen LogP contribution in [0.15, 0.2) is 0 Å². The number of amides is 1. The number of hydrogen-bond donors (Lipinski definition) is 2. The van der Waals surface area contributed by atoms with Crippen LogP contribution < -0.4 is 10.6 Å². The standard InChI is InChI=1S/C14H24N2O2/c1-13(6-7-13)12(17)16-11-2-4-14(5-3-11)10-15-8-9-18-14/h11,15H,2-10H2,1H3,(H,16,17). The first-order chi connectivity index (χ1) is 8.62. The fraction of sp³-hybridized carbons (Fsp3) is 0.929. The summed E-state index contributed by atoms with van der Waals surface area (Å²) in [6, 6.07) is 0.367. The number of carbonyl (C=O) groups is 1. The lowest BCUT2D eigenvalue weighted by Crippen LogP contribution is -2.54. The van der Waals surface area contributed by atoms with Crippen molar-refractivity contribution in [2.75, 3.05) is 19.7 Å². The highest BCUT2D eigenvalue weighted by Crippen LogP contribution is 2.45. The minimum absolute atomic E-state index is 0.0436. The van der Waals surface area contributed by atoms with Gasteiger partial charge >= 0.3 is 0 Å². The van der Waals surface area contributed by atoms with Gasteiger partial charge in [0.1, 0.15) is 0 Å². The second kappa shape index (κ2) is 4.49. The second-order valence-corrected chi connectivity index (χ2v) is 6.52. The van der Waals surface area contributed by atoms with Gasteiger partial charge in [-0.25, -0.2) is 0 Å². The van der Waals surface area contributed by atoms with E-state index in [1.807, 2.05) is 0 Å². The largest absolute Gasteiger partial charge is 0.372 e. The van der Waals surface area contributed by atoms with Crippen LogP contribution in [0.4, 0.5) is 0 Å². The predicted molar refractivity (Wildman–Crippen MR) is 69.3 cm³/mol. The van der Waals surface area contributed by atoms with Gasteiger partial charge in [-0.3, -0.25) is 4.79 Å². The zero-order valence-corrected chi connectivity index (χ0v) is 11.3. The molecule has 1 saturated heterocycles. The quantitative estimate of drug-likeness (QED) is 0.776. The smallest absolute Gasteiger partial charge is 0.226 e. The summed E-state index contributed by atoms with van der Waals surface area (Å²) < 4.78 is 5.96. The Labute approximate surface area is 109 Å². The van der Waals surface area contributed by atoms with Crippen molar-refractivity contribution in [1.29, 1.82) is 0 Å². The minimum Gasteiger partial charge on any atom is -0.372 e. The highest BCUT2D eigenvalue weighted by Gasteiger charge is 2.46. The van der Waals surface area contributed by atoms with E-state index in [1.165, 1.54) is 0 Å². The Bertz CT molecular complexity index is 323. The van der Waals surface area contributed by atoms with Crippen LogP contribution >= 0.6 is 0 Å². The molecule has 2 aliphatic carbocycles. The molecule has 1 heterocycles. The summed E-state index contributed by atoms with van der Waals surface area (Å²) >= 11 is 0. The third-order valence-corrected chi connectivity index (χ3v) is 4.91. The van der Waals surface area contributed by atoms with E-state index in [-0.39, 0.29) is 16.9 Å². The van der Waals surface area contributed by atoms with Gasteiger partial charge in [0.2, 0.25) is 5.91 Å². The molecular formula is C14H24N2O2. The van der Waals surface area contributed by atoms with E-state index in [0.29, 0.717) is 6.04 Å². The molecule has 1 spiro atoms. The maximum atomic E-state index is 12.0. The first-order valence-electron chi connectivity index (χ1n) is 7.28. The first-order valence-corrected chi connectivity index (χ1v) is 7.28. The van der Waals surface area contributed by atoms with Gasteiger partial charge in [0.15, 0.2) is 0 Å². The summed E-state index contributed by atoms with van der Waals surface area (Å²) in [5.74, 6) is 0.270.